The predicted molar refractivity (Wildman–Crippen MR) is 116 cm³/mol. The Balaban J connectivity index is 1.51. The summed E-state index contributed by atoms with van der Waals surface area (Å²) < 4.78 is 0. The summed E-state index contributed by atoms with van der Waals surface area (Å²) in [4.78, 5) is 29.1. The number of halogens is 1. The molecule has 0 radical (unpaired) electrons. The lowest BCUT2D eigenvalue weighted by atomic mass is 10.0. The van der Waals surface area contributed by atoms with Gasteiger partial charge >= 0.3 is 0 Å². The topological polar surface area (TPSA) is 49.4 Å². The molecule has 4 rings (SSSR count). The van der Waals surface area contributed by atoms with E-state index >= 15 is 0 Å². The first-order chi connectivity index (χ1) is 14.1. The van der Waals surface area contributed by atoms with Gasteiger partial charge in [-0.3, -0.25) is 9.59 Å². The molecular weight excluding hydrogens is 404 g/mol. The third-order valence-electron chi connectivity index (χ3n) is 5.16. The molecule has 1 aliphatic rings. The summed E-state index contributed by atoms with van der Waals surface area (Å²) in [5.41, 5.74) is 2.53. The Morgan fingerprint density at radius 1 is 1.07 bits per heavy atom. The summed E-state index contributed by atoms with van der Waals surface area (Å²) in [5, 5.41) is 5.48. The average Bonchev–Trinajstić information content (AvgIpc) is 3.22. The smallest absolute Gasteiger partial charge is 0.253 e. The van der Waals surface area contributed by atoms with Crippen molar-refractivity contribution in [2.45, 2.75) is 25.4 Å². The summed E-state index contributed by atoms with van der Waals surface area (Å²) in [6.45, 7) is 1.35. The number of nitrogens with zero attached hydrogens (tertiary/aromatic N) is 1. The van der Waals surface area contributed by atoms with Crippen LogP contribution in [-0.4, -0.2) is 23.3 Å². The van der Waals surface area contributed by atoms with Crippen molar-refractivity contribution in [1.29, 1.82) is 0 Å². The Labute approximate surface area is 179 Å². The molecule has 0 saturated heterocycles. The fourth-order valence-electron chi connectivity index (χ4n) is 3.58. The van der Waals surface area contributed by atoms with Crippen LogP contribution in [0.1, 0.15) is 38.8 Å². The van der Waals surface area contributed by atoms with Gasteiger partial charge in [0.25, 0.3) is 5.91 Å². The Morgan fingerprint density at radius 2 is 1.83 bits per heavy atom. The number of benzene rings is 2. The molecule has 2 heterocycles. The highest BCUT2D eigenvalue weighted by Gasteiger charge is 2.26. The van der Waals surface area contributed by atoms with Crippen molar-refractivity contribution < 1.29 is 9.59 Å². The van der Waals surface area contributed by atoms with Crippen LogP contribution in [0.25, 0.3) is 0 Å². The number of hydrogen-bond acceptors (Lipinski definition) is 3. The zero-order valence-electron chi connectivity index (χ0n) is 15.8. The second-order valence-electron chi connectivity index (χ2n) is 7.06. The van der Waals surface area contributed by atoms with Gasteiger partial charge in [-0.1, -0.05) is 54.1 Å². The predicted octanol–water partition coefficient (Wildman–Crippen LogP) is 4.85. The SMILES string of the molecule is O=C(N[C@H](CC(=O)N1CCc2sccc2C1)c1ccccc1)c1ccccc1Cl. The summed E-state index contributed by atoms with van der Waals surface area (Å²) in [6.07, 6.45) is 1.10. The number of thiophene rings is 1. The molecule has 29 heavy (non-hydrogen) atoms. The normalized spacial score (nSPS) is 14.2. The molecule has 3 aromatic rings. The Hall–Kier alpha value is -2.63. The summed E-state index contributed by atoms with van der Waals surface area (Å²) in [5.74, 6) is -0.244. The van der Waals surface area contributed by atoms with Crippen molar-refractivity contribution in [3.8, 4) is 0 Å². The number of carbonyl (C=O) groups is 2. The molecule has 0 fully saturated rings. The third-order valence-corrected chi connectivity index (χ3v) is 6.52. The lowest BCUT2D eigenvalue weighted by molar-refractivity contribution is -0.132. The van der Waals surface area contributed by atoms with Crippen LogP contribution in [0.5, 0.6) is 0 Å². The molecule has 0 bridgehead atoms. The molecule has 1 N–H and O–H groups in total. The third kappa shape index (κ3) is 4.52. The standard InChI is InChI=1S/C23H21ClN2O2S/c24-19-9-5-4-8-18(19)23(28)25-20(16-6-2-1-3-7-16)14-22(27)26-12-10-21-17(15-26)11-13-29-21/h1-9,11,13,20H,10,12,14-15H2,(H,25,28)/t20-/m1/s1. The summed E-state index contributed by atoms with van der Waals surface area (Å²) in [6, 6.07) is 18.2. The zero-order valence-corrected chi connectivity index (χ0v) is 17.4. The Morgan fingerprint density at radius 3 is 2.62 bits per heavy atom. The van der Waals surface area contributed by atoms with E-state index in [1.807, 2.05) is 35.2 Å². The molecule has 2 amide bonds. The highest BCUT2D eigenvalue weighted by Crippen LogP contribution is 2.26. The van der Waals surface area contributed by atoms with E-state index in [1.54, 1.807) is 35.6 Å². The fraction of sp³-hybridized carbons (Fsp3) is 0.217. The number of carbonyl (C=O) groups excluding carboxylic acids is 2. The van der Waals surface area contributed by atoms with E-state index in [4.69, 9.17) is 11.6 Å². The maximum absolute atomic E-state index is 13.1. The van der Waals surface area contributed by atoms with Crippen LogP contribution >= 0.6 is 22.9 Å². The van der Waals surface area contributed by atoms with Gasteiger partial charge in [-0.25, -0.2) is 0 Å². The first-order valence-electron chi connectivity index (χ1n) is 9.55. The number of amides is 2. The van der Waals surface area contributed by atoms with Gasteiger partial charge < -0.3 is 10.2 Å². The molecule has 1 atom stereocenters. The maximum Gasteiger partial charge on any atom is 0.253 e. The number of hydrogen-bond donors (Lipinski definition) is 1. The highest BCUT2D eigenvalue weighted by atomic mass is 35.5. The number of fused-ring (bicyclic) bond motifs is 1. The quantitative estimate of drug-likeness (QED) is 0.636. The lowest BCUT2D eigenvalue weighted by Crippen LogP contribution is -2.39. The minimum Gasteiger partial charge on any atom is -0.345 e. The molecular formula is C23H21ClN2O2S. The van der Waals surface area contributed by atoms with Gasteiger partial charge in [-0.05, 0) is 41.1 Å². The van der Waals surface area contributed by atoms with Gasteiger partial charge in [-0.15, -0.1) is 11.3 Å². The minimum absolute atomic E-state index is 0.0372. The molecule has 0 saturated carbocycles. The molecule has 1 aromatic heterocycles. The van der Waals surface area contributed by atoms with Crippen molar-refractivity contribution in [2.75, 3.05) is 6.54 Å². The van der Waals surface area contributed by atoms with Crippen LogP contribution in [-0.2, 0) is 17.8 Å². The van der Waals surface area contributed by atoms with Crippen molar-refractivity contribution in [3.63, 3.8) is 0 Å². The van der Waals surface area contributed by atoms with E-state index in [9.17, 15) is 9.59 Å². The first kappa shape index (κ1) is 19.7. The molecule has 2 aromatic carbocycles. The monoisotopic (exact) mass is 424 g/mol. The van der Waals surface area contributed by atoms with Crippen LogP contribution in [0.3, 0.4) is 0 Å². The number of nitrogens with one attached hydrogen (secondary N) is 1. The average molecular weight is 425 g/mol. The van der Waals surface area contributed by atoms with Crippen LogP contribution < -0.4 is 5.32 Å². The van der Waals surface area contributed by atoms with E-state index in [1.165, 1.54) is 10.4 Å². The number of rotatable bonds is 5. The van der Waals surface area contributed by atoms with Gasteiger partial charge in [0.15, 0.2) is 0 Å². The van der Waals surface area contributed by atoms with E-state index in [0.717, 1.165) is 12.0 Å². The molecule has 0 aliphatic carbocycles. The van der Waals surface area contributed by atoms with Crippen LogP contribution in [0.2, 0.25) is 5.02 Å². The second-order valence-corrected chi connectivity index (χ2v) is 8.46. The summed E-state index contributed by atoms with van der Waals surface area (Å²) in [7, 11) is 0. The molecule has 1 aliphatic heterocycles. The Bertz CT molecular complexity index is 1020. The second kappa shape index (κ2) is 8.80. The molecule has 0 spiro atoms. The zero-order chi connectivity index (χ0) is 20.2. The van der Waals surface area contributed by atoms with Crippen LogP contribution in [0.15, 0.2) is 66.0 Å². The minimum atomic E-state index is -0.420. The highest BCUT2D eigenvalue weighted by molar-refractivity contribution is 7.10. The maximum atomic E-state index is 13.1. The summed E-state index contributed by atoms with van der Waals surface area (Å²) >= 11 is 7.93. The van der Waals surface area contributed by atoms with E-state index < -0.39 is 6.04 Å². The van der Waals surface area contributed by atoms with Gasteiger partial charge in [0.2, 0.25) is 5.91 Å². The van der Waals surface area contributed by atoms with Crippen molar-refractivity contribution >= 4 is 34.8 Å². The van der Waals surface area contributed by atoms with E-state index in [0.29, 0.717) is 23.7 Å². The van der Waals surface area contributed by atoms with Gasteiger partial charge in [0.05, 0.1) is 23.0 Å². The fourth-order valence-corrected chi connectivity index (χ4v) is 4.70. The largest absolute Gasteiger partial charge is 0.345 e. The molecule has 6 heteroatoms. The lowest BCUT2D eigenvalue weighted by Gasteiger charge is -2.29. The molecule has 4 nitrogen and oxygen atoms in total. The molecule has 148 valence electrons. The van der Waals surface area contributed by atoms with E-state index in [2.05, 4.69) is 16.8 Å². The first-order valence-corrected chi connectivity index (χ1v) is 10.8. The molecule has 0 unspecified atom stereocenters. The van der Waals surface area contributed by atoms with Crippen LogP contribution in [0.4, 0.5) is 0 Å². The van der Waals surface area contributed by atoms with Crippen molar-refractivity contribution in [1.82, 2.24) is 10.2 Å². The van der Waals surface area contributed by atoms with Gasteiger partial charge in [0.1, 0.15) is 0 Å². The van der Waals surface area contributed by atoms with Crippen molar-refractivity contribution in [3.05, 3.63) is 92.6 Å². The Kier molecular flexibility index (Phi) is 5.97. The van der Waals surface area contributed by atoms with Crippen molar-refractivity contribution in [2.24, 2.45) is 0 Å². The van der Waals surface area contributed by atoms with E-state index in [-0.39, 0.29) is 18.2 Å². The van der Waals surface area contributed by atoms with Gasteiger partial charge in [0, 0.05) is 18.0 Å². The van der Waals surface area contributed by atoms with Crippen LogP contribution in [0, 0.1) is 0 Å². The van der Waals surface area contributed by atoms with Gasteiger partial charge in [-0.2, -0.15) is 0 Å².